The van der Waals surface area contributed by atoms with E-state index in [1.807, 2.05) is 0 Å². The molecule has 1 aliphatic heterocycles. The lowest BCUT2D eigenvalue weighted by molar-refractivity contribution is -0.141. The second-order valence-corrected chi connectivity index (χ2v) is 8.13. The molecule has 1 amide bonds. The van der Waals surface area contributed by atoms with Gasteiger partial charge in [-0.2, -0.15) is 13.2 Å². The molecule has 31 heavy (non-hydrogen) atoms. The number of carbonyl (C=O) groups is 1. The van der Waals surface area contributed by atoms with Crippen LogP contribution in [-0.4, -0.2) is 47.1 Å². The number of halogens is 5. The van der Waals surface area contributed by atoms with Crippen LogP contribution in [0.5, 0.6) is 0 Å². The summed E-state index contributed by atoms with van der Waals surface area (Å²) < 4.78 is 44.5. The molecule has 2 aromatic heterocycles. The molecule has 0 radical (unpaired) electrons. The van der Waals surface area contributed by atoms with Crippen molar-refractivity contribution in [3.05, 3.63) is 62.4 Å². The molecular weight excluding hydrogens is 454 g/mol. The first-order valence-corrected chi connectivity index (χ1v) is 10.3. The fourth-order valence-corrected chi connectivity index (χ4v) is 4.20. The number of carbonyl (C=O) groups excluding carboxylic acids is 1. The molecule has 4 rings (SSSR count). The number of aromatic amines is 1. The Morgan fingerprint density at radius 3 is 2.61 bits per heavy atom. The summed E-state index contributed by atoms with van der Waals surface area (Å²) in [4.78, 5) is 21.2. The van der Waals surface area contributed by atoms with Gasteiger partial charge in [-0.15, -0.1) is 0 Å². The van der Waals surface area contributed by atoms with Gasteiger partial charge in [-0.25, -0.2) is 4.98 Å². The molecule has 0 saturated carbocycles. The highest BCUT2D eigenvalue weighted by molar-refractivity contribution is 6.38. The molecular formula is C21H18Cl2F3N3O2. The van der Waals surface area contributed by atoms with Crippen molar-refractivity contribution in [1.82, 2.24) is 14.9 Å². The van der Waals surface area contributed by atoms with Crippen LogP contribution < -0.4 is 0 Å². The molecule has 5 nitrogen and oxygen atoms in total. The van der Waals surface area contributed by atoms with Crippen molar-refractivity contribution in [1.29, 1.82) is 0 Å². The van der Waals surface area contributed by atoms with Crippen molar-refractivity contribution in [2.75, 3.05) is 26.3 Å². The van der Waals surface area contributed by atoms with E-state index < -0.39 is 11.9 Å². The molecule has 0 aliphatic carbocycles. The van der Waals surface area contributed by atoms with E-state index in [1.165, 1.54) is 0 Å². The van der Waals surface area contributed by atoms with Gasteiger partial charge in [0.25, 0.3) is 5.91 Å². The number of alkyl halides is 3. The van der Waals surface area contributed by atoms with Crippen molar-refractivity contribution >= 4 is 40.1 Å². The number of benzene rings is 1. The van der Waals surface area contributed by atoms with Crippen LogP contribution in [-0.2, 0) is 17.3 Å². The number of aryl methyl sites for hydroxylation is 1. The number of H-pyrrole nitrogens is 1. The fraction of sp³-hybridized carbons (Fsp3) is 0.333. The molecule has 0 unspecified atom stereocenters. The van der Waals surface area contributed by atoms with Crippen molar-refractivity contribution < 1.29 is 22.7 Å². The van der Waals surface area contributed by atoms with Crippen molar-refractivity contribution in [3.8, 4) is 0 Å². The van der Waals surface area contributed by atoms with E-state index in [-0.39, 0.29) is 23.0 Å². The van der Waals surface area contributed by atoms with Gasteiger partial charge in [-0.05, 0) is 42.3 Å². The second-order valence-electron chi connectivity index (χ2n) is 7.35. The van der Waals surface area contributed by atoms with E-state index in [0.29, 0.717) is 59.1 Å². The molecule has 3 heterocycles. The van der Waals surface area contributed by atoms with E-state index in [1.54, 1.807) is 30.0 Å². The fourth-order valence-electron chi connectivity index (χ4n) is 3.61. The van der Waals surface area contributed by atoms with E-state index >= 15 is 0 Å². The lowest BCUT2D eigenvalue weighted by atomic mass is 10.0. The zero-order valence-corrected chi connectivity index (χ0v) is 18.0. The maximum Gasteiger partial charge on any atom is 0.433 e. The first kappa shape index (κ1) is 21.9. The van der Waals surface area contributed by atoms with E-state index in [9.17, 15) is 18.0 Å². The van der Waals surface area contributed by atoms with Gasteiger partial charge in [0.15, 0.2) is 0 Å². The Bertz CT molecular complexity index is 1150. The van der Waals surface area contributed by atoms with Crippen LogP contribution in [0.4, 0.5) is 13.2 Å². The largest absolute Gasteiger partial charge is 0.433 e. The number of hydrogen-bond donors (Lipinski definition) is 1. The average molecular weight is 472 g/mol. The van der Waals surface area contributed by atoms with Gasteiger partial charge in [0.1, 0.15) is 11.3 Å². The number of aromatic nitrogens is 2. The molecule has 1 aromatic carbocycles. The standard InChI is InChI=1S/C21H18Cl2F3N3O2/c1-11-8-17(21(24,25)26)28-19-14(11)9-12(27-19)10-15-16(22)3-2-13(18(15)23)20(30)29-4-6-31-7-5-29/h2-3,8-9H,4-7,10H2,1H3,(H,27,28). The Labute approximate surface area is 186 Å². The number of nitrogens with zero attached hydrogens (tertiary/aromatic N) is 2. The van der Waals surface area contributed by atoms with E-state index in [0.717, 1.165) is 6.07 Å². The average Bonchev–Trinajstić information content (AvgIpc) is 3.14. The van der Waals surface area contributed by atoms with Crippen molar-refractivity contribution in [3.63, 3.8) is 0 Å². The van der Waals surface area contributed by atoms with Gasteiger partial charge in [-0.1, -0.05) is 23.2 Å². The normalized spacial score (nSPS) is 15.0. The van der Waals surface area contributed by atoms with Crippen molar-refractivity contribution in [2.24, 2.45) is 0 Å². The summed E-state index contributed by atoms with van der Waals surface area (Å²) in [5, 5.41) is 1.17. The zero-order valence-electron chi connectivity index (χ0n) is 16.4. The third-order valence-corrected chi connectivity index (χ3v) is 6.02. The molecule has 1 N–H and O–H groups in total. The lowest BCUT2D eigenvalue weighted by Crippen LogP contribution is -2.40. The summed E-state index contributed by atoms with van der Waals surface area (Å²) in [5.41, 5.74) is 1.06. The van der Waals surface area contributed by atoms with Crippen LogP contribution in [0.1, 0.15) is 32.9 Å². The third-order valence-electron chi connectivity index (χ3n) is 5.24. The van der Waals surface area contributed by atoms with Gasteiger partial charge in [0.2, 0.25) is 0 Å². The van der Waals surface area contributed by atoms with Gasteiger partial charge in [0.05, 0.1) is 23.8 Å². The minimum absolute atomic E-state index is 0.134. The number of ether oxygens (including phenoxy) is 1. The van der Waals surface area contributed by atoms with Crippen LogP contribution in [0.15, 0.2) is 24.3 Å². The maximum absolute atomic E-state index is 13.1. The zero-order chi connectivity index (χ0) is 22.3. The molecule has 1 aliphatic rings. The summed E-state index contributed by atoms with van der Waals surface area (Å²) in [6.07, 6.45) is -4.33. The predicted molar refractivity (Wildman–Crippen MR) is 112 cm³/mol. The highest BCUT2D eigenvalue weighted by Crippen LogP contribution is 2.34. The number of rotatable bonds is 3. The molecule has 0 spiro atoms. The summed E-state index contributed by atoms with van der Waals surface area (Å²) in [5.74, 6) is -0.213. The number of morpholine rings is 1. The van der Waals surface area contributed by atoms with Crippen LogP contribution in [0.25, 0.3) is 11.0 Å². The van der Waals surface area contributed by atoms with E-state index in [2.05, 4.69) is 9.97 Å². The SMILES string of the molecule is Cc1cc(C(F)(F)F)nc2[nH]c(Cc3c(Cl)ccc(C(=O)N4CCOCC4)c3Cl)cc12. The first-order valence-electron chi connectivity index (χ1n) is 9.55. The van der Waals surface area contributed by atoms with Gasteiger partial charge < -0.3 is 14.6 Å². The highest BCUT2D eigenvalue weighted by Gasteiger charge is 2.33. The summed E-state index contributed by atoms with van der Waals surface area (Å²) >= 11 is 12.9. The molecule has 1 fully saturated rings. The number of nitrogens with one attached hydrogen (secondary N) is 1. The Morgan fingerprint density at radius 2 is 1.94 bits per heavy atom. The first-order chi connectivity index (χ1) is 14.6. The Hall–Kier alpha value is -2.29. The Balaban J connectivity index is 1.68. The highest BCUT2D eigenvalue weighted by atomic mass is 35.5. The Kier molecular flexibility index (Phi) is 5.89. The van der Waals surface area contributed by atoms with Gasteiger partial charge >= 0.3 is 6.18 Å². The van der Waals surface area contributed by atoms with Crippen molar-refractivity contribution in [2.45, 2.75) is 19.5 Å². The quantitative estimate of drug-likeness (QED) is 0.566. The smallest absolute Gasteiger partial charge is 0.378 e. The topological polar surface area (TPSA) is 58.2 Å². The molecule has 164 valence electrons. The number of fused-ring (bicyclic) bond motifs is 1. The number of amides is 1. The summed E-state index contributed by atoms with van der Waals surface area (Å²) in [6, 6.07) is 5.92. The second kappa shape index (κ2) is 8.33. The van der Waals surface area contributed by atoms with Crippen LogP contribution in [0.2, 0.25) is 10.0 Å². The molecule has 0 atom stereocenters. The van der Waals surface area contributed by atoms with Crippen LogP contribution in [0, 0.1) is 6.92 Å². The minimum Gasteiger partial charge on any atom is -0.378 e. The lowest BCUT2D eigenvalue weighted by Gasteiger charge is -2.27. The molecule has 0 bridgehead atoms. The van der Waals surface area contributed by atoms with E-state index in [4.69, 9.17) is 27.9 Å². The summed E-state index contributed by atoms with van der Waals surface area (Å²) in [6.45, 7) is 3.47. The number of pyridine rings is 1. The molecule has 10 heteroatoms. The maximum atomic E-state index is 13.1. The van der Waals surface area contributed by atoms with Gasteiger partial charge in [-0.3, -0.25) is 4.79 Å². The monoisotopic (exact) mass is 471 g/mol. The van der Waals surface area contributed by atoms with Crippen LogP contribution >= 0.6 is 23.2 Å². The van der Waals surface area contributed by atoms with Gasteiger partial charge in [0, 0.05) is 35.6 Å². The summed E-state index contributed by atoms with van der Waals surface area (Å²) in [7, 11) is 0. The Morgan fingerprint density at radius 1 is 1.23 bits per heavy atom. The third kappa shape index (κ3) is 4.37. The minimum atomic E-state index is -4.54. The molecule has 3 aromatic rings. The number of hydrogen-bond acceptors (Lipinski definition) is 3. The predicted octanol–water partition coefficient (Wildman–Crippen LogP) is 5.26. The molecule has 1 saturated heterocycles. The van der Waals surface area contributed by atoms with Crippen LogP contribution in [0.3, 0.4) is 0 Å².